The minimum absolute atomic E-state index is 0.684. The van der Waals surface area contributed by atoms with Crippen molar-refractivity contribution in [2.24, 2.45) is 4.99 Å². The van der Waals surface area contributed by atoms with Gasteiger partial charge >= 0.3 is 0 Å². The molecular formula is C19H27N7. The molecule has 26 heavy (non-hydrogen) atoms. The third-order valence-electron chi connectivity index (χ3n) is 5.22. The number of aliphatic imine (C=N–C) groups is 1. The molecule has 0 bridgehead atoms. The maximum Gasteiger partial charge on any atom is 0.194 e. The van der Waals surface area contributed by atoms with Crippen molar-refractivity contribution in [2.45, 2.75) is 32.5 Å². The molecule has 4 rings (SSSR count). The zero-order chi connectivity index (χ0) is 17.8. The third-order valence-corrected chi connectivity index (χ3v) is 5.22. The Kier molecular flexibility index (Phi) is 5.15. The number of piperazine rings is 1. The molecule has 0 aliphatic carbocycles. The van der Waals surface area contributed by atoms with Gasteiger partial charge < -0.3 is 14.8 Å². The van der Waals surface area contributed by atoms with Gasteiger partial charge in [-0.3, -0.25) is 9.89 Å². The Balaban J connectivity index is 1.28. The summed E-state index contributed by atoms with van der Waals surface area (Å²) in [6.45, 7) is 6.83. The fourth-order valence-corrected chi connectivity index (χ4v) is 3.79. The molecule has 1 saturated heterocycles. The maximum atomic E-state index is 4.47. The highest BCUT2D eigenvalue weighted by molar-refractivity contribution is 5.79. The second-order valence-electron chi connectivity index (χ2n) is 6.94. The molecule has 7 heteroatoms. The second-order valence-corrected chi connectivity index (χ2v) is 6.94. The molecule has 0 atom stereocenters. The van der Waals surface area contributed by atoms with Gasteiger partial charge in [0.25, 0.3) is 0 Å². The first kappa shape index (κ1) is 17.0. The lowest BCUT2D eigenvalue weighted by atomic mass is 10.2. The quantitative estimate of drug-likeness (QED) is 0.659. The highest BCUT2D eigenvalue weighted by atomic mass is 15.4. The Morgan fingerprint density at radius 1 is 1.08 bits per heavy atom. The SMILES string of the molecule is CN=C(NCc1nnc2n1CCC2)N1CCN(Cc2ccccc2)CC1. The van der Waals surface area contributed by atoms with Gasteiger partial charge in [-0.25, -0.2) is 0 Å². The molecule has 0 spiro atoms. The zero-order valence-corrected chi connectivity index (χ0v) is 15.4. The van der Waals surface area contributed by atoms with E-state index < -0.39 is 0 Å². The standard InChI is InChI=1S/C19H27N7/c1-20-19(21-14-18-23-22-17-8-5-9-26(17)18)25-12-10-24(11-13-25)15-16-6-3-2-4-7-16/h2-4,6-7H,5,8-15H2,1H3,(H,20,21). The van der Waals surface area contributed by atoms with Crippen molar-refractivity contribution in [2.75, 3.05) is 33.2 Å². The van der Waals surface area contributed by atoms with Crippen molar-refractivity contribution in [1.29, 1.82) is 0 Å². The number of benzene rings is 1. The molecule has 2 aromatic rings. The van der Waals surface area contributed by atoms with Gasteiger partial charge in [-0.2, -0.15) is 0 Å². The number of rotatable bonds is 4. The molecule has 0 unspecified atom stereocenters. The smallest absolute Gasteiger partial charge is 0.194 e. The van der Waals surface area contributed by atoms with Crippen molar-refractivity contribution in [1.82, 2.24) is 29.9 Å². The van der Waals surface area contributed by atoms with Gasteiger partial charge in [-0.15, -0.1) is 10.2 Å². The average molecular weight is 353 g/mol. The minimum atomic E-state index is 0.684. The van der Waals surface area contributed by atoms with Crippen LogP contribution in [0.1, 0.15) is 23.6 Å². The van der Waals surface area contributed by atoms with Gasteiger partial charge in [-0.05, 0) is 12.0 Å². The second kappa shape index (κ2) is 7.86. The van der Waals surface area contributed by atoms with E-state index in [0.717, 1.165) is 63.3 Å². The number of hydrogen-bond donors (Lipinski definition) is 1. The number of nitrogens with zero attached hydrogens (tertiary/aromatic N) is 6. The van der Waals surface area contributed by atoms with E-state index >= 15 is 0 Å². The summed E-state index contributed by atoms with van der Waals surface area (Å²) in [5.74, 6) is 3.09. The average Bonchev–Trinajstić information content (AvgIpc) is 3.29. The van der Waals surface area contributed by atoms with Gasteiger partial charge in [0.2, 0.25) is 0 Å². The van der Waals surface area contributed by atoms with Crippen LogP contribution in [0.4, 0.5) is 0 Å². The van der Waals surface area contributed by atoms with Gasteiger partial charge in [0.15, 0.2) is 11.8 Å². The molecule has 1 N–H and O–H groups in total. The van der Waals surface area contributed by atoms with Gasteiger partial charge in [-0.1, -0.05) is 30.3 Å². The van der Waals surface area contributed by atoms with Crippen LogP contribution in [-0.2, 0) is 26.1 Å². The van der Waals surface area contributed by atoms with Crippen molar-refractivity contribution in [3.05, 3.63) is 47.5 Å². The van der Waals surface area contributed by atoms with Crippen LogP contribution in [0.3, 0.4) is 0 Å². The zero-order valence-electron chi connectivity index (χ0n) is 15.4. The normalized spacial score (nSPS) is 18.2. The van der Waals surface area contributed by atoms with Crippen molar-refractivity contribution < 1.29 is 0 Å². The lowest BCUT2D eigenvalue weighted by molar-refractivity contribution is 0.172. The lowest BCUT2D eigenvalue weighted by Gasteiger charge is -2.36. The fourth-order valence-electron chi connectivity index (χ4n) is 3.79. The minimum Gasteiger partial charge on any atom is -0.349 e. The topological polar surface area (TPSA) is 61.6 Å². The van der Waals surface area contributed by atoms with Crippen LogP contribution in [0.25, 0.3) is 0 Å². The summed E-state index contributed by atoms with van der Waals surface area (Å²) in [6.07, 6.45) is 2.22. The predicted octanol–water partition coefficient (Wildman–Crippen LogP) is 1.12. The first-order chi connectivity index (χ1) is 12.8. The Hall–Kier alpha value is -2.41. The summed E-state index contributed by atoms with van der Waals surface area (Å²) in [4.78, 5) is 9.31. The van der Waals surface area contributed by atoms with E-state index in [-0.39, 0.29) is 0 Å². The molecule has 3 heterocycles. The van der Waals surface area contributed by atoms with Gasteiger partial charge in [0.1, 0.15) is 5.82 Å². The van der Waals surface area contributed by atoms with Crippen LogP contribution >= 0.6 is 0 Å². The summed E-state index contributed by atoms with van der Waals surface area (Å²) in [5.41, 5.74) is 1.38. The summed E-state index contributed by atoms with van der Waals surface area (Å²) in [5, 5.41) is 12.1. The fraction of sp³-hybridized carbons (Fsp3) is 0.526. The van der Waals surface area contributed by atoms with Crippen molar-refractivity contribution in [3.63, 3.8) is 0 Å². The van der Waals surface area contributed by atoms with E-state index in [1.54, 1.807) is 0 Å². The van der Waals surface area contributed by atoms with E-state index in [0.29, 0.717) is 6.54 Å². The molecule has 7 nitrogen and oxygen atoms in total. The van der Waals surface area contributed by atoms with Crippen LogP contribution in [0.5, 0.6) is 0 Å². The lowest BCUT2D eigenvalue weighted by Crippen LogP contribution is -2.52. The Morgan fingerprint density at radius 3 is 2.65 bits per heavy atom. The van der Waals surface area contributed by atoms with E-state index in [4.69, 9.17) is 0 Å². The predicted molar refractivity (Wildman–Crippen MR) is 102 cm³/mol. The number of aromatic nitrogens is 3. The molecule has 1 aromatic carbocycles. The molecule has 0 saturated carbocycles. The Morgan fingerprint density at radius 2 is 1.88 bits per heavy atom. The molecule has 2 aliphatic rings. The monoisotopic (exact) mass is 353 g/mol. The first-order valence-electron chi connectivity index (χ1n) is 9.46. The molecule has 1 aromatic heterocycles. The molecule has 0 amide bonds. The number of aryl methyl sites for hydroxylation is 1. The first-order valence-corrected chi connectivity index (χ1v) is 9.46. The molecule has 2 aliphatic heterocycles. The van der Waals surface area contributed by atoms with E-state index in [1.165, 1.54) is 12.0 Å². The summed E-state index contributed by atoms with van der Waals surface area (Å²) < 4.78 is 2.23. The van der Waals surface area contributed by atoms with Crippen LogP contribution in [0, 0.1) is 0 Å². The van der Waals surface area contributed by atoms with Crippen molar-refractivity contribution in [3.8, 4) is 0 Å². The molecule has 138 valence electrons. The highest BCUT2D eigenvalue weighted by Gasteiger charge is 2.21. The number of fused-ring (bicyclic) bond motifs is 1. The van der Waals surface area contributed by atoms with Crippen LogP contribution < -0.4 is 5.32 Å². The van der Waals surface area contributed by atoms with Crippen LogP contribution in [0.15, 0.2) is 35.3 Å². The summed E-state index contributed by atoms with van der Waals surface area (Å²) in [6, 6.07) is 10.7. The van der Waals surface area contributed by atoms with Crippen molar-refractivity contribution >= 4 is 5.96 Å². The van der Waals surface area contributed by atoms with Crippen LogP contribution in [0.2, 0.25) is 0 Å². The number of guanidine groups is 1. The van der Waals surface area contributed by atoms with E-state index in [2.05, 4.69) is 65.2 Å². The third kappa shape index (κ3) is 3.72. The van der Waals surface area contributed by atoms with Gasteiger partial charge in [0, 0.05) is 52.7 Å². The van der Waals surface area contributed by atoms with Crippen LogP contribution in [-0.4, -0.2) is 63.8 Å². The van der Waals surface area contributed by atoms with E-state index in [9.17, 15) is 0 Å². The number of hydrogen-bond acceptors (Lipinski definition) is 4. The highest BCUT2D eigenvalue weighted by Crippen LogP contribution is 2.14. The Bertz CT molecular complexity index is 745. The largest absolute Gasteiger partial charge is 0.349 e. The molecular weight excluding hydrogens is 326 g/mol. The molecule has 0 radical (unpaired) electrons. The number of nitrogens with one attached hydrogen (secondary N) is 1. The van der Waals surface area contributed by atoms with Gasteiger partial charge in [0.05, 0.1) is 6.54 Å². The van der Waals surface area contributed by atoms with E-state index in [1.807, 2.05) is 7.05 Å². The molecule has 1 fully saturated rings. The Labute approximate surface area is 154 Å². The summed E-state index contributed by atoms with van der Waals surface area (Å²) >= 11 is 0. The summed E-state index contributed by atoms with van der Waals surface area (Å²) in [7, 11) is 1.85. The maximum absolute atomic E-state index is 4.47.